The average Bonchev–Trinajstić information content (AvgIpc) is 2.17. The SMILES string of the molecule is C=[C-]CN(Cc1ccccc1)[Si](C)(C)C.[Li+]. The van der Waals surface area contributed by atoms with Crippen LogP contribution in [0.5, 0.6) is 0 Å². The zero-order chi connectivity index (χ0) is 11.3. The zero-order valence-corrected chi connectivity index (χ0v) is 12.0. The van der Waals surface area contributed by atoms with E-state index in [2.05, 4.69) is 67.2 Å². The number of hydrogen-bond donors (Lipinski definition) is 0. The normalized spacial score (nSPS) is 11.0. The van der Waals surface area contributed by atoms with Crippen LogP contribution in [0.15, 0.2) is 36.9 Å². The Morgan fingerprint density at radius 2 is 1.75 bits per heavy atom. The van der Waals surface area contributed by atoms with Gasteiger partial charge >= 0.3 is 18.9 Å². The molecule has 1 aromatic carbocycles. The summed E-state index contributed by atoms with van der Waals surface area (Å²) in [5.74, 6) is 0. The Morgan fingerprint density at radius 3 is 2.19 bits per heavy atom. The Balaban J connectivity index is 0.00000225. The van der Waals surface area contributed by atoms with Crippen molar-refractivity contribution >= 4 is 8.24 Å². The van der Waals surface area contributed by atoms with Gasteiger partial charge in [-0.05, 0) is 5.56 Å². The summed E-state index contributed by atoms with van der Waals surface area (Å²) in [6.45, 7) is 12.7. The summed E-state index contributed by atoms with van der Waals surface area (Å²) in [4.78, 5) is 0. The standard InChI is InChI=1S/C13H20NSi.Li/c1-5-11-14(15(2,3)4)12-13-9-7-6-8-10-13;/h6-10H,1,11-12H2,2-4H3;/q-1;+1. The summed E-state index contributed by atoms with van der Waals surface area (Å²) in [6.07, 6.45) is 3.01. The van der Waals surface area contributed by atoms with Crippen molar-refractivity contribution in [3.05, 3.63) is 48.6 Å². The van der Waals surface area contributed by atoms with Crippen molar-refractivity contribution in [1.29, 1.82) is 0 Å². The average molecular weight is 225 g/mol. The predicted octanol–water partition coefficient (Wildman–Crippen LogP) is 0.317. The third-order valence-electron chi connectivity index (χ3n) is 2.47. The smallest absolute Gasteiger partial charge is 0.490 e. The van der Waals surface area contributed by atoms with E-state index in [0.717, 1.165) is 13.1 Å². The Morgan fingerprint density at radius 1 is 1.19 bits per heavy atom. The van der Waals surface area contributed by atoms with Crippen LogP contribution in [0.25, 0.3) is 0 Å². The molecule has 0 bridgehead atoms. The first-order valence-electron chi connectivity index (χ1n) is 5.33. The van der Waals surface area contributed by atoms with E-state index in [1.165, 1.54) is 5.56 Å². The minimum Gasteiger partial charge on any atom is -0.490 e. The van der Waals surface area contributed by atoms with Crippen molar-refractivity contribution in [1.82, 2.24) is 4.57 Å². The molecule has 1 rings (SSSR count). The van der Waals surface area contributed by atoms with E-state index in [-0.39, 0.29) is 18.9 Å². The number of benzene rings is 1. The minimum absolute atomic E-state index is 0. The van der Waals surface area contributed by atoms with Gasteiger partial charge < -0.3 is 10.6 Å². The molecular weight excluding hydrogens is 205 g/mol. The van der Waals surface area contributed by atoms with Crippen LogP contribution in [0.3, 0.4) is 0 Å². The molecule has 16 heavy (non-hydrogen) atoms. The fourth-order valence-electron chi connectivity index (χ4n) is 1.47. The zero-order valence-electron chi connectivity index (χ0n) is 11.0. The monoisotopic (exact) mass is 225 g/mol. The fourth-order valence-corrected chi connectivity index (χ4v) is 2.71. The van der Waals surface area contributed by atoms with E-state index in [1.54, 1.807) is 0 Å². The molecule has 0 aromatic heterocycles. The molecule has 3 heteroatoms. The molecule has 0 radical (unpaired) electrons. The van der Waals surface area contributed by atoms with Crippen LogP contribution < -0.4 is 18.9 Å². The number of hydrogen-bond acceptors (Lipinski definition) is 1. The van der Waals surface area contributed by atoms with Crippen LogP contribution in [-0.4, -0.2) is 19.3 Å². The van der Waals surface area contributed by atoms with Crippen LogP contribution in [-0.2, 0) is 6.54 Å². The molecule has 0 unspecified atom stereocenters. The van der Waals surface area contributed by atoms with Crippen molar-refractivity contribution < 1.29 is 18.9 Å². The van der Waals surface area contributed by atoms with Crippen molar-refractivity contribution in [3.8, 4) is 0 Å². The van der Waals surface area contributed by atoms with Crippen LogP contribution in [0, 0.1) is 6.08 Å². The molecule has 0 fully saturated rings. The Labute approximate surface area is 113 Å². The molecule has 0 atom stereocenters. The maximum atomic E-state index is 3.71. The Bertz CT molecular complexity index is 305. The van der Waals surface area contributed by atoms with Gasteiger partial charge in [0.15, 0.2) is 0 Å². The molecule has 0 amide bonds. The third kappa shape index (κ3) is 5.18. The van der Waals surface area contributed by atoms with E-state index in [4.69, 9.17) is 0 Å². The van der Waals surface area contributed by atoms with Crippen LogP contribution >= 0.6 is 0 Å². The van der Waals surface area contributed by atoms with Gasteiger partial charge in [-0.2, -0.15) is 0 Å². The van der Waals surface area contributed by atoms with Gasteiger partial charge in [0.2, 0.25) is 0 Å². The summed E-state index contributed by atoms with van der Waals surface area (Å²) in [6, 6.07) is 10.6. The summed E-state index contributed by atoms with van der Waals surface area (Å²) in [7, 11) is -1.26. The van der Waals surface area contributed by atoms with E-state index in [9.17, 15) is 0 Å². The summed E-state index contributed by atoms with van der Waals surface area (Å²) in [5.41, 5.74) is 1.37. The topological polar surface area (TPSA) is 3.24 Å². The van der Waals surface area contributed by atoms with Crippen molar-refractivity contribution in [2.24, 2.45) is 0 Å². The van der Waals surface area contributed by atoms with Crippen LogP contribution in [0.2, 0.25) is 19.6 Å². The number of rotatable bonds is 5. The van der Waals surface area contributed by atoms with Gasteiger partial charge in [-0.1, -0.05) is 50.0 Å². The molecule has 0 aliphatic heterocycles. The van der Waals surface area contributed by atoms with Gasteiger partial charge in [-0.25, -0.2) is 0 Å². The van der Waals surface area contributed by atoms with Gasteiger partial charge in [0.25, 0.3) is 0 Å². The molecule has 1 nitrogen and oxygen atoms in total. The largest absolute Gasteiger partial charge is 1.00 e. The second-order valence-corrected chi connectivity index (χ2v) is 9.74. The minimum atomic E-state index is -1.26. The van der Waals surface area contributed by atoms with Crippen LogP contribution in [0.1, 0.15) is 5.56 Å². The molecule has 0 spiro atoms. The summed E-state index contributed by atoms with van der Waals surface area (Å²) < 4.78 is 2.50. The molecule has 82 valence electrons. The molecule has 0 saturated heterocycles. The molecule has 0 saturated carbocycles. The molecule has 1 aromatic rings. The second-order valence-electron chi connectivity index (χ2n) is 4.76. The first-order chi connectivity index (χ1) is 7.04. The van der Waals surface area contributed by atoms with E-state index in [0.29, 0.717) is 0 Å². The molecule has 0 N–H and O–H groups in total. The van der Waals surface area contributed by atoms with Gasteiger partial charge in [0.05, 0.1) is 0 Å². The van der Waals surface area contributed by atoms with Gasteiger partial charge in [0.1, 0.15) is 8.24 Å². The summed E-state index contributed by atoms with van der Waals surface area (Å²) >= 11 is 0. The third-order valence-corrected chi connectivity index (χ3v) is 4.68. The van der Waals surface area contributed by atoms with Gasteiger partial charge in [0, 0.05) is 6.54 Å². The predicted molar refractivity (Wildman–Crippen MR) is 69.1 cm³/mol. The molecule has 0 aliphatic rings. The second kappa shape index (κ2) is 7.14. The van der Waals surface area contributed by atoms with E-state index in [1.807, 2.05) is 0 Å². The fraction of sp³-hybridized carbons (Fsp3) is 0.385. The first kappa shape index (κ1) is 15.7. The van der Waals surface area contributed by atoms with Gasteiger partial charge in [-0.15, -0.1) is 6.54 Å². The van der Waals surface area contributed by atoms with E-state index >= 15 is 0 Å². The van der Waals surface area contributed by atoms with Crippen molar-refractivity contribution in [2.75, 3.05) is 6.54 Å². The van der Waals surface area contributed by atoms with E-state index < -0.39 is 8.24 Å². The quantitative estimate of drug-likeness (QED) is 0.515. The van der Waals surface area contributed by atoms with Crippen LogP contribution in [0.4, 0.5) is 0 Å². The maximum absolute atomic E-state index is 3.71. The molecule has 0 aliphatic carbocycles. The molecule has 0 heterocycles. The Hall–Kier alpha value is -0.266. The first-order valence-corrected chi connectivity index (χ1v) is 8.77. The van der Waals surface area contributed by atoms with Gasteiger partial charge in [-0.3, -0.25) is 6.58 Å². The summed E-state index contributed by atoms with van der Waals surface area (Å²) in [5, 5.41) is 0. The van der Waals surface area contributed by atoms with Crippen molar-refractivity contribution in [2.45, 2.75) is 26.2 Å². The number of nitrogens with zero attached hydrogens (tertiary/aromatic N) is 1. The maximum Gasteiger partial charge on any atom is 1.00 e. The Kier molecular flexibility index (Phi) is 7.02. The molecular formula is C13H20LiNSi. The van der Waals surface area contributed by atoms with Crippen molar-refractivity contribution in [3.63, 3.8) is 0 Å².